The Balaban J connectivity index is 2.61. The predicted octanol–water partition coefficient (Wildman–Crippen LogP) is 1.52. The number of carbonyl (C=O) groups excluding carboxylic acids is 2. The standard InChI is InChI=1S/C17H33N3O5S/c1-5-7-11-18(3)16(21)10-14-20(26(4,23)24)15-8-12-19(13-9-15)17(22)25-6-2/h15H,5-14H2,1-4H3. The topological polar surface area (TPSA) is 87.2 Å². The summed E-state index contributed by atoms with van der Waals surface area (Å²) in [4.78, 5) is 27.2. The largest absolute Gasteiger partial charge is 0.450 e. The first-order valence-corrected chi connectivity index (χ1v) is 11.2. The van der Waals surface area contributed by atoms with Crippen molar-refractivity contribution < 1.29 is 22.7 Å². The molecule has 1 rings (SSSR count). The summed E-state index contributed by atoms with van der Waals surface area (Å²) in [6.45, 7) is 5.92. The number of amides is 2. The van der Waals surface area contributed by atoms with Crippen LogP contribution in [0.5, 0.6) is 0 Å². The van der Waals surface area contributed by atoms with E-state index in [-0.39, 0.29) is 31.0 Å². The molecule has 2 amide bonds. The van der Waals surface area contributed by atoms with Crippen LogP contribution in [0.3, 0.4) is 0 Å². The molecule has 0 bridgehead atoms. The molecule has 0 unspecified atom stereocenters. The summed E-state index contributed by atoms with van der Waals surface area (Å²) in [5, 5.41) is 0. The van der Waals surface area contributed by atoms with Gasteiger partial charge in [-0.05, 0) is 26.2 Å². The van der Waals surface area contributed by atoms with E-state index in [1.54, 1.807) is 23.8 Å². The van der Waals surface area contributed by atoms with Crippen molar-refractivity contribution >= 4 is 22.0 Å². The number of ether oxygens (including phenoxy) is 1. The first-order chi connectivity index (χ1) is 12.2. The second kappa shape index (κ2) is 10.7. The molecule has 0 spiro atoms. The second-order valence-electron chi connectivity index (χ2n) is 6.71. The monoisotopic (exact) mass is 391 g/mol. The Morgan fingerprint density at radius 1 is 1.15 bits per heavy atom. The molecule has 8 nitrogen and oxygen atoms in total. The molecule has 0 saturated carbocycles. The fraction of sp³-hybridized carbons (Fsp3) is 0.882. The Hall–Kier alpha value is -1.35. The van der Waals surface area contributed by atoms with E-state index in [0.717, 1.165) is 12.8 Å². The molecular weight excluding hydrogens is 358 g/mol. The van der Waals surface area contributed by atoms with E-state index in [1.165, 1.54) is 10.6 Å². The molecule has 1 saturated heterocycles. The third-order valence-electron chi connectivity index (χ3n) is 4.64. The Labute approximate surface area is 157 Å². The zero-order valence-electron chi connectivity index (χ0n) is 16.4. The fourth-order valence-electron chi connectivity index (χ4n) is 3.09. The molecule has 152 valence electrons. The van der Waals surface area contributed by atoms with Crippen LogP contribution >= 0.6 is 0 Å². The van der Waals surface area contributed by atoms with Gasteiger partial charge in [0.1, 0.15) is 0 Å². The minimum absolute atomic E-state index is 0.0453. The van der Waals surface area contributed by atoms with Gasteiger partial charge in [0.15, 0.2) is 0 Å². The number of hydrogen-bond acceptors (Lipinski definition) is 5. The van der Waals surface area contributed by atoms with Crippen molar-refractivity contribution in [2.45, 2.75) is 52.0 Å². The molecule has 1 aliphatic heterocycles. The maximum absolute atomic E-state index is 12.2. The minimum Gasteiger partial charge on any atom is -0.450 e. The van der Waals surface area contributed by atoms with Gasteiger partial charge in [-0.15, -0.1) is 0 Å². The van der Waals surface area contributed by atoms with Gasteiger partial charge in [-0.2, -0.15) is 4.31 Å². The lowest BCUT2D eigenvalue weighted by Crippen LogP contribution is -2.49. The molecule has 0 aromatic heterocycles. The number of piperidine rings is 1. The van der Waals surface area contributed by atoms with Gasteiger partial charge in [0.2, 0.25) is 15.9 Å². The van der Waals surface area contributed by atoms with E-state index in [1.807, 2.05) is 0 Å². The van der Waals surface area contributed by atoms with Crippen LogP contribution in [0.1, 0.15) is 46.0 Å². The average Bonchev–Trinajstić information content (AvgIpc) is 2.59. The Morgan fingerprint density at radius 3 is 2.27 bits per heavy atom. The second-order valence-corrected chi connectivity index (χ2v) is 8.64. The zero-order valence-corrected chi connectivity index (χ0v) is 17.3. The molecule has 0 aromatic carbocycles. The zero-order chi connectivity index (χ0) is 19.7. The molecule has 26 heavy (non-hydrogen) atoms. The summed E-state index contributed by atoms with van der Waals surface area (Å²) in [5.41, 5.74) is 0. The lowest BCUT2D eigenvalue weighted by Gasteiger charge is -2.36. The molecule has 0 radical (unpaired) electrons. The number of rotatable bonds is 9. The number of hydrogen-bond donors (Lipinski definition) is 0. The van der Waals surface area contributed by atoms with Crippen molar-refractivity contribution in [2.24, 2.45) is 0 Å². The van der Waals surface area contributed by atoms with E-state index in [9.17, 15) is 18.0 Å². The van der Waals surface area contributed by atoms with Gasteiger partial charge in [0.05, 0.1) is 12.9 Å². The van der Waals surface area contributed by atoms with Crippen molar-refractivity contribution in [1.29, 1.82) is 0 Å². The number of carbonyl (C=O) groups is 2. The summed E-state index contributed by atoms with van der Waals surface area (Å²) in [5.74, 6) is -0.0453. The van der Waals surface area contributed by atoms with Gasteiger partial charge in [0, 0.05) is 45.7 Å². The summed E-state index contributed by atoms with van der Waals surface area (Å²) < 4.78 is 30.8. The van der Waals surface area contributed by atoms with Crippen molar-refractivity contribution in [3.8, 4) is 0 Å². The van der Waals surface area contributed by atoms with Crippen LogP contribution in [-0.2, 0) is 19.6 Å². The van der Waals surface area contributed by atoms with Gasteiger partial charge in [-0.3, -0.25) is 4.79 Å². The Morgan fingerprint density at radius 2 is 1.77 bits per heavy atom. The van der Waals surface area contributed by atoms with Crippen LogP contribution in [0.25, 0.3) is 0 Å². The molecule has 0 aliphatic carbocycles. The summed E-state index contributed by atoms with van der Waals surface area (Å²) in [7, 11) is -1.67. The molecule has 0 atom stereocenters. The van der Waals surface area contributed by atoms with Crippen LogP contribution in [-0.4, -0.2) is 86.7 Å². The number of nitrogens with zero attached hydrogens (tertiary/aromatic N) is 3. The van der Waals surface area contributed by atoms with Gasteiger partial charge < -0.3 is 14.5 Å². The van der Waals surface area contributed by atoms with Gasteiger partial charge in [0.25, 0.3) is 0 Å². The summed E-state index contributed by atoms with van der Waals surface area (Å²) >= 11 is 0. The summed E-state index contributed by atoms with van der Waals surface area (Å²) in [6, 6.07) is -0.190. The highest BCUT2D eigenvalue weighted by atomic mass is 32.2. The number of sulfonamides is 1. The lowest BCUT2D eigenvalue weighted by atomic mass is 10.1. The summed E-state index contributed by atoms with van der Waals surface area (Å²) in [6.07, 6.45) is 4.03. The number of unbranched alkanes of at least 4 members (excludes halogenated alkanes) is 1. The Kier molecular flexibility index (Phi) is 9.35. The van der Waals surface area contributed by atoms with Crippen LogP contribution in [0.4, 0.5) is 4.79 Å². The van der Waals surface area contributed by atoms with Crippen LogP contribution in [0.15, 0.2) is 0 Å². The third-order valence-corrected chi connectivity index (χ3v) is 5.98. The smallest absolute Gasteiger partial charge is 0.409 e. The van der Waals surface area contributed by atoms with Crippen molar-refractivity contribution in [1.82, 2.24) is 14.1 Å². The van der Waals surface area contributed by atoms with E-state index >= 15 is 0 Å². The Bertz CT molecular complexity index is 559. The SMILES string of the molecule is CCCCN(C)C(=O)CCN(C1CCN(C(=O)OCC)CC1)S(C)(=O)=O. The maximum Gasteiger partial charge on any atom is 0.409 e. The van der Waals surface area contributed by atoms with E-state index in [2.05, 4.69) is 6.92 Å². The lowest BCUT2D eigenvalue weighted by molar-refractivity contribution is -0.130. The highest BCUT2D eigenvalue weighted by Crippen LogP contribution is 2.20. The minimum atomic E-state index is -3.42. The van der Waals surface area contributed by atoms with Crippen LogP contribution < -0.4 is 0 Å². The van der Waals surface area contributed by atoms with Crippen LogP contribution in [0, 0.1) is 0 Å². The third kappa shape index (κ3) is 7.11. The van der Waals surface area contributed by atoms with Crippen molar-refractivity contribution in [3.05, 3.63) is 0 Å². The molecule has 1 fully saturated rings. The molecule has 0 aromatic rings. The van der Waals surface area contributed by atoms with Crippen molar-refractivity contribution in [3.63, 3.8) is 0 Å². The molecule has 1 heterocycles. The maximum atomic E-state index is 12.2. The van der Waals surface area contributed by atoms with E-state index in [4.69, 9.17) is 4.74 Å². The quantitative estimate of drug-likeness (QED) is 0.595. The molecule has 1 aliphatic rings. The van der Waals surface area contributed by atoms with Crippen LogP contribution in [0.2, 0.25) is 0 Å². The predicted molar refractivity (Wildman–Crippen MR) is 100 cm³/mol. The van der Waals surface area contributed by atoms with Gasteiger partial charge in [-0.1, -0.05) is 13.3 Å². The number of likely N-dealkylation sites (tertiary alicyclic amines) is 1. The molecule has 0 N–H and O–H groups in total. The van der Waals surface area contributed by atoms with E-state index in [0.29, 0.717) is 39.1 Å². The first-order valence-electron chi connectivity index (χ1n) is 9.33. The molecular formula is C17H33N3O5S. The van der Waals surface area contributed by atoms with E-state index < -0.39 is 10.0 Å². The normalized spacial score (nSPS) is 16.0. The first kappa shape index (κ1) is 22.7. The van der Waals surface area contributed by atoms with Gasteiger partial charge >= 0.3 is 6.09 Å². The highest BCUT2D eigenvalue weighted by Gasteiger charge is 2.32. The van der Waals surface area contributed by atoms with Gasteiger partial charge in [-0.25, -0.2) is 13.2 Å². The highest BCUT2D eigenvalue weighted by molar-refractivity contribution is 7.88. The average molecular weight is 392 g/mol. The molecule has 9 heteroatoms. The van der Waals surface area contributed by atoms with Crippen molar-refractivity contribution in [2.75, 3.05) is 46.1 Å². The fourth-order valence-corrected chi connectivity index (χ4v) is 4.26.